The second-order valence-electron chi connectivity index (χ2n) is 3.86. The van der Waals surface area contributed by atoms with Gasteiger partial charge in [-0.2, -0.15) is 21.0 Å². The van der Waals surface area contributed by atoms with Crippen LogP contribution in [0.25, 0.3) is 0 Å². The summed E-state index contributed by atoms with van der Waals surface area (Å²) < 4.78 is 33.3. The molecule has 1 saturated heterocycles. The highest BCUT2D eigenvalue weighted by Crippen LogP contribution is 2.22. The molecule has 2 unspecified atom stereocenters. The highest BCUT2D eigenvalue weighted by molar-refractivity contribution is 7.86. The fourth-order valence-corrected chi connectivity index (χ4v) is 2.95. The van der Waals surface area contributed by atoms with Crippen LogP contribution in [0, 0.1) is 5.92 Å². The van der Waals surface area contributed by atoms with Crippen LogP contribution in [0.5, 0.6) is 0 Å². The highest BCUT2D eigenvalue weighted by Gasteiger charge is 2.38. The summed E-state index contributed by atoms with van der Waals surface area (Å²) in [6.45, 7) is -0.0699. The van der Waals surface area contributed by atoms with Gasteiger partial charge in [-0.05, 0) is 0 Å². The van der Waals surface area contributed by atoms with Gasteiger partial charge in [-0.25, -0.2) is 4.79 Å². The number of nitrogens with zero attached hydrogens (tertiary/aromatic N) is 1. The van der Waals surface area contributed by atoms with Crippen LogP contribution >= 0.6 is 12.6 Å². The summed E-state index contributed by atoms with van der Waals surface area (Å²) >= 11 is 3.82. The first-order valence-corrected chi connectivity index (χ1v) is 6.98. The van der Waals surface area contributed by atoms with Gasteiger partial charge in [0.1, 0.15) is 6.04 Å². The standard InChI is InChI=1S/C8H12FNO5S2/c9-17(14,15)4-5-1-7(11)10(2-5)6(3-16)8(12)13/h5-6,16H,1-4H2,(H,12,13). The van der Waals surface area contributed by atoms with E-state index in [9.17, 15) is 21.9 Å². The molecule has 0 aromatic heterocycles. The van der Waals surface area contributed by atoms with E-state index in [0.717, 1.165) is 4.90 Å². The lowest BCUT2D eigenvalue weighted by atomic mass is 10.1. The lowest BCUT2D eigenvalue weighted by molar-refractivity contribution is -0.147. The quantitative estimate of drug-likeness (QED) is 0.526. The number of amides is 1. The van der Waals surface area contributed by atoms with Crippen molar-refractivity contribution in [3.8, 4) is 0 Å². The zero-order chi connectivity index (χ0) is 13.2. The number of hydrogen-bond acceptors (Lipinski definition) is 5. The molecule has 6 nitrogen and oxygen atoms in total. The van der Waals surface area contributed by atoms with Gasteiger partial charge in [0.15, 0.2) is 0 Å². The average Bonchev–Trinajstić information content (AvgIpc) is 2.44. The number of rotatable bonds is 5. The minimum atomic E-state index is -4.65. The molecule has 98 valence electrons. The number of hydrogen-bond donors (Lipinski definition) is 2. The number of likely N-dealkylation sites (tertiary alicyclic amines) is 1. The predicted octanol–water partition coefficient (Wildman–Crippen LogP) is -0.483. The Kier molecular flexibility index (Phi) is 4.36. The summed E-state index contributed by atoms with van der Waals surface area (Å²) in [6, 6.07) is -1.10. The monoisotopic (exact) mass is 285 g/mol. The van der Waals surface area contributed by atoms with Crippen LogP contribution in [0.2, 0.25) is 0 Å². The Hall–Kier alpha value is -0.830. The molecule has 0 aliphatic carbocycles. The Morgan fingerprint density at radius 3 is 2.65 bits per heavy atom. The van der Waals surface area contributed by atoms with Crippen molar-refractivity contribution in [3.05, 3.63) is 0 Å². The normalized spacial score (nSPS) is 22.8. The largest absolute Gasteiger partial charge is 0.480 e. The Morgan fingerprint density at radius 1 is 1.65 bits per heavy atom. The Bertz CT molecular complexity index is 424. The van der Waals surface area contributed by atoms with E-state index < -0.39 is 39.8 Å². The van der Waals surface area contributed by atoms with Crippen LogP contribution in [0.15, 0.2) is 0 Å². The molecular formula is C8H12FNO5S2. The van der Waals surface area contributed by atoms with Crippen molar-refractivity contribution < 1.29 is 27.0 Å². The third-order valence-corrected chi connectivity index (χ3v) is 3.72. The van der Waals surface area contributed by atoms with Crippen molar-refractivity contribution in [2.75, 3.05) is 18.1 Å². The number of aliphatic carboxylic acids is 1. The summed E-state index contributed by atoms with van der Waals surface area (Å²) in [7, 11) is -4.65. The zero-order valence-corrected chi connectivity index (χ0v) is 10.5. The van der Waals surface area contributed by atoms with Crippen molar-refractivity contribution >= 4 is 34.7 Å². The maximum atomic E-state index is 12.4. The molecule has 0 spiro atoms. The van der Waals surface area contributed by atoms with E-state index in [4.69, 9.17) is 5.11 Å². The number of halogens is 1. The lowest BCUT2D eigenvalue weighted by Crippen LogP contribution is -2.43. The molecule has 1 N–H and O–H groups in total. The number of carboxylic acids is 1. The van der Waals surface area contributed by atoms with E-state index in [1.54, 1.807) is 0 Å². The molecule has 0 aromatic carbocycles. The number of carboxylic acid groups (broad SMARTS) is 1. The van der Waals surface area contributed by atoms with Gasteiger partial charge in [0, 0.05) is 24.6 Å². The maximum Gasteiger partial charge on any atom is 0.327 e. The second kappa shape index (κ2) is 5.21. The van der Waals surface area contributed by atoms with Crippen LogP contribution in [-0.2, 0) is 19.8 Å². The van der Waals surface area contributed by atoms with Crippen molar-refractivity contribution in [1.29, 1.82) is 0 Å². The molecule has 1 amide bonds. The summed E-state index contributed by atoms with van der Waals surface area (Å²) in [5, 5.41) is 8.84. The molecule has 1 aliphatic rings. The highest BCUT2D eigenvalue weighted by atomic mass is 32.3. The van der Waals surface area contributed by atoms with Crippen LogP contribution in [0.4, 0.5) is 3.89 Å². The van der Waals surface area contributed by atoms with Gasteiger partial charge >= 0.3 is 16.2 Å². The third kappa shape index (κ3) is 3.84. The molecule has 0 aromatic rings. The van der Waals surface area contributed by atoms with Gasteiger partial charge in [0.2, 0.25) is 5.91 Å². The summed E-state index contributed by atoms with van der Waals surface area (Å²) in [5.41, 5.74) is 0. The van der Waals surface area contributed by atoms with Crippen LogP contribution in [-0.4, -0.2) is 54.4 Å². The van der Waals surface area contributed by atoms with E-state index in [1.165, 1.54) is 0 Å². The molecule has 0 bridgehead atoms. The van der Waals surface area contributed by atoms with E-state index in [1.807, 2.05) is 0 Å². The lowest BCUT2D eigenvalue weighted by Gasteiger charge is -2.22. The molecule has 0 saturated carbocycles. The smallest absolute Gasteiger partial charge is 0.327 e. The van der Waals surface area contributed by atoms with Crippen LogP contribution in [0.1, 0.15) is 6.42 Å². The molecule has 2 atom stereocenters. The molecule has 1 fully saturated rings. The Labute approximate surface area is 103 Å². The van der Waals surface area contributed by atoms with Crippen LogP contribution in [0.3, 0.4) is 0 Å². The van der Waals surface area contributed by atoms with Gasteiger partial charge in [0.25, 0.3) is 0 Å². The molecule has 1 heterocycles. The first-order chi connectivity index (χ1) is 7.74. The summed E-state index contributed by atoms with van der Waals surface area (Å²) in [5.74, 6) is -3.22. The molecule has 0 radical (unpaired) electrons. The van der Waals surface area contributed by atoms with Gasteiger partial charge in [0.05, 0.1) is 5.75 Å². The number of carbonyl (C=O) groups is 2. The Morgan fingerprint density at radius 2 is 2.24 bits per heavy atom. The minimum Gasteiger partial charge on any atom is -0.480 e. The Balaban J connectivity index is 2.73. The molecule has 9 heteroatoms. The minimum absolute atomic E-state index is 0.0699. The fraction of sp³-hybridized carbons (Fsp3) is 0.750. The van der Waals surface area contributed by atoms with Crippen molar-refractivity contribution in [1.82, 2.24) is 4.90 Å². The number of thiol groups is 1. The van der Waals surface area contributed by atoms with Gasteiger partial charge in [-0.15, -0.1) is 3.89 Å². The van der Waals surface area contributed by atoms with E-state index in [2.05, 4.69) is 12.6 Å². The first kappa shape index (κ1) is 14.2. The zero-order valence-electron chi connectivity index (χ0n) is 8.74. The topological polar surface area (TPSA) is 91.8 Å². The third-order valence-electron chi connectivity index (χ3n) is 2.51. The second-order valence-corrected chi connectivity index (χ2v) is 5.63. The van der Waals surface area contributed by atoms with Crippen molar-refractivity contribution in [2.45, 2.75) is 12.5 Å². The van der Waals surface area contributed by atoms with Gasteiger partial charge < -0.3 is 10.0 Å². The van der Waals surface area contributed by atoms with Gasteiger partial charge in [-0.3, -0.25) is 4.79 Å². The molecule has 1 rings (SSSR count). The average molecular weight is 285 g/mol. The van der Waals surface area contributed by atoms with E-state index >= 15 is 0 Å². The maximum absolute atomic E-state index is 12.4. The molecule has 1 aliphatic heterocycles. The van der Waals surface area contributed by atoms with E-state index in [-0.39, 0.29) is 18.7 Å². The number of carbonyl (C=O) groups excluding carboxylic acids is 1. The van der Waals surface area contributed by atoms with Crippen LogP contribution < -0.4 is 0 Å². The van der Waals surface area contributed by atoms with Crippen molar-refractivity contribution in [3.63, 3.8) is 0 Å². The summed E-state index contributed by atoms with van der Waals surface area (Å²) in [6.07, 6.45) is -0.152. The fourth-order valence-electron chi connectivity index (χ4n) is 1.81. The summed E-state index contributed by atoms with van der Waals surface area (Å²) in [4.78, 5) is 23.3. The van der Waals surface area contributed by atoms with Crippen molar-refractivity contribution in [2.24, 2.45) is 5.92 Å². The molecule has 17 heavy (non-hydrogen) atoms. The predicted molar refractivity (Wildman–Crippen MR) is 60.0 cm³/mol. The first-order valence-electron chi connectivity index (χ1n) is 4.80. The van der Waals surface area contributed by atoms with E-state index in [0.29, 0.717) is 0 Å². The SMILES string of the molecule is O=C(O)C(CS)N1CC(CS(=O)(=O)F)CC1=O. The van der Waals surface area contributed by atoms with Gasteiger partial charge in [-0.1, -0.05) is 0 Å². The molecular weight excluding hydrogens is 273 g/mol.